The molecule has 0 bridgehead atoms. The zero-order valence-electron chi connectivity index (χ0n) is 15.1. The van der Waals surface area contributed by atoms with E-state index in [1.54, 1.807) is 12.0 Å². The molecular weight excluding hydrogens is 342 g/mol. The van der Waals surface area contributed by atoms with Crippen LogP contribution in [0.25, 0.3) is 0 Å². The summed E-state index contributed by atoms with van der Waals surface area (Å²) in [4.78, 5) is 26.9. The Morgan fingerprint density at radius 3 is 2.52 bits per heavy atom. The van der Waals surface area contributed by atoms with Gasteiger partial charge in [-0.2, -0.15) is 0 Å². The van der Waals surface area contributed by atoms with E-state index < -0.39 is 6.04 Å². The van der Waals surface area contributed by atoms with E-state index in [4.69, 9.17) is 4.74 Å². The first kappa shape index (κ1) is 17.1. The van der Waals surface area contributed by atoms with E-state index in [0.717, 1.165) is 17.7 Å². The van der Waals surface area contributed by atoms with Gasteiger partial charge in [0, 0.05) is 6.54 Å². The van der Waals surface area contributed by atoms with Gasteiger partial charge in [-0.25, -0.2) is 4.79 Å². The zero-order chi connectivity index (χ0) is 18.8. The van der Waals surface area contributed by atoms with E-state index in [-0.39, 0.29) is 11.9 Å². The van der Waals surface area contributed by atoms with E-state index >= 15 is 0 Å². The topological polar surface area (TPSA) is 70.7 Å². The molecule has 1 atom stereocenters. The molecule has 0 aromatic heterocycles. The number of rotatable bonds is 5. The maximum atomic E-state index is 13.0. The SMILES string of the molecule is COc1ccc([C@@H]2NC(=O)NC3=C2C(=O)N(CCc2ccccc2)C3)cc1. The van der Waals surface area contributed by atoms with Crippen molar-refractivity contribution in [2.24, 2.45) is 0 Å². The highest BCUT2D eigenvalue weighted by Gasteiger charge is 2.40. The Kier molecular flexibility index (Phi) is 4.54. The van der Waals surface area contributed by atoms with Gasteiger partial charge in [-0.3, -0.25) is 4.79 Å². The lowest BCUT2D eigenvalue weighted by molar-refractivity contribution is -0.125. The fraction of sp³-hybridized carbons (Fsp3) is 0.238. The van der Waals surface area contributed by atoms with Gasteiger partial charge >= 0.3 is 6.03 Å². The van der Waals surface area contributed by atoms with Crippen LogP contribution < -0.4 is 15.4 Å². The Hall–Kier alpha value is -3.28. The normalized spacial score (nSPS) is 18.9. The average molecular weight is 363 g/mol. The monoisotopic (exact) mass is 363 g/mol. The maximum Gasteiger partial charge on any atom is 0.319 e. The summed E-state index contributed by atoms with van der Waals surface area (Å²) < 4.78 is 5.19. The Labute approximate surface area is 157 Å². The summed E-state index contributed by atoms with van der Waals surface area (Å²) in [6, 6.07) is 16.7. The number of hydrogen-bond acceptors (Lipinski definition) is 3. The first-order valence-corrected chi connectivity index (χ1v) is 8.93. The molecule has 27 heavy (non-hydrogen) atoms. The third-order valence-corrected chi connectivity index (χ3v) is 4.98. The molecule has 2 aliphatic heterocycles. The van der Waals surface area contributed by atoms with Gasteiger partial charge in [0.15, 0.2) is 0 Å². The number of amides is 3. The molecular formula is C21H21N3O3. The van der Waals surface area contributed by atoms with Gasteiger partial charge in [-0.1, -0.05) is 42.5 Å². The molecule has 2 heterocycles. The van der Waals surface area contributed by atoms with Crippen molar-refractivity contribution < 1.29 is 14.3 Å². The number of methoxy groups -OCH3 is 1. The number of carbonyl (C=O) groups is 2. The third kappa shape index (κ3) is 3.38. The molecule has 138 valence electrons. The van der Waals surface area contributed by atoms with E-state index in [0.29, 0.717) is 24.4 Å². The molecule has 6 nitrogen and oxygen atoms in total. The molecule has 0 radical (unpaired) electrons. The zero-order valence-corrected chi connectivity index (χ0v) is 15.1. The van der Waals surface area contributed by atoms with Crippen LogP contribution in [-0.2, 0) is 11.2 Å². The highest BCUT2D eigenvalue weighted by molar-refractivity contribution is 6.01. The first-order valence-electron chi connectivity index (χ1n) is 8.93. The van der Waals surface area contributed by atoms with Crippen molar-refractivity contribution in [2.45, 2.75) is 12.5 Å². The van der Waals surface area contributed by atoms with Crippen molar-refractivity contribution in [3.8, 4) is 5.75 Å². The predicted octanol–water partition coefficient (Wildman–Crippen LogP) is 2.39. The van der Waals surface area contributed by atoms with Gasteiger partial charge in [-0.15, -0.1) is 0 Å². The maximum absolute atomic E-state index is 13.0. The molecule has 3 amide bonds. The largest absolute Gasteiger partial charge is 0.497 e. The number of urea groups is 1. The number of nitrogens with one attached hydrogen (secondary N) is 2. The summed E-state index contributed by atoms with van der Waals surface area (Å²) in [5, 5.41) is 5.67. The van der Waals surface area contributed by atoms with Gasteiger partial charge in [0.1, 0.15) is 5.75 Å². The molecule has 2 aromatic rings. The van der Waals surface area contributed by atoms with Gasteiger partial charge in [0.2, 0.25) is 0 Å². The Morgan fingerprint density at radius 1 is 1.07 bits per heavy atom. The van der Waals surface area contributed by atoms with E-state index in [1.807, 2.05) is 42.5 Å². The summed E-state index contributed by atoms with van der Waals surface area (Å²) in [5.74, 6) is 0.699. The average Bonchev–Trinajstić information content (AvgIpc) is 3.02. The highest BCUT2D eigenvalue weighted by atomic mass is 16.5. The molecule has 2 aromatic carbocycles. The van der Waals surface area contributed by atoms with Crippen LogP contribution in [0.2, 0.25) is 0 Å². The second-order valence-electron chi connectivity index (χ2n) is 6.66. The molecule has 4 rings (SSSR count). The number of benzene rings is 2. The van der Waals surface area contributed by atoms with E-state index in [9.17, 15) is 9.59 Å². The van der Waals surface area contributed by atoms with Crippen molar-refractivity contribution in [1.82, 2.24) is 15.5 Å². The van der Waals surface area contributed by atoms with Crippen LogP contribution in [0.1, 0.15) is 17.2 Å². The summed E-state index contributed by atoms with van der Waals surface area (Å²) in [7, 11) is 1.60. The summed E-state index contributed by atoms with van der Waals surface area (Å²) >= 11 is 0. The van der Waals surface area contributed by atoms with Gasteiger partial charge < -0.3 is 20.3 Å². The van der Waals surface area contributed by atoms with Gasteiger partial charge in [-0.05, 0) is 29.7 Å². The lowest BCUT2D eigenvalue weighted by Gasteiger charge is -2.25. The molecule has 0 fully saturated rings. The third-order valence-electron chi connectivity index (χ3n) is 4.98. The number of hydrogen-bond donors (Lipinski definition) is 2. The highest BCUT2D eigenvalue weighted by Crippen LogP contribution is 2.33. The Balaban J connectivity index is 1.54. The number of carbonyl (C=O) groups excluding carboxylic acids is 2. The van der Waals surface area contributed by atoms with Crippen molar-refractivity contribution >= 4 is 11.9 Å². The lowest BCUT2D eigenvalue weighted by atomic mass is 9.96. The Morgan fingerprint density at radius 2 is 1.81 bits per heavy atom. The van der Waals surface area contributed by atoms with Crippen LogP contribution >= 0.6 is 0 Å². The first-order chi connectivity index (χ1) is 13.2. The number of ether oxygens (including phenoxy) is 1. The minimum Gasteiger partial charge on any atom is -0.497 e. The second kappa shape index (κ2) is 7.15. The fourth-order valence-electron chi connectivity index (χ4n) is 3.56. The van der Waals surface area contributed by atoms with Crippen molar-refractivity contribution in [3.63, 3.8) is 0 Å². The van der Waals surface area contributed by atoms with Gasteiger partial charge in [0.25, 0.3) is 5.91 Å². The molecule has 0 saturated heterocycles. The van der Waals surface area contributed by atoms with Crippen LogP contribution in [0.4, 0.5) is 4.79 Å². The molecule has 0 unspecified atom stereocenters. The van der Waals surface area contributed by atoms with E-state index in [1.165, 1.54) is 5.56 Å². The molecule has 2 aliphatic rings. The number of nitrogens with zero attached hydrogens (tertiary/aromatic N) is 1. The summed E-state index contributed by atoms with van der Waals surface area (Å²) in [6.07, 6.45) is 0.779. The Bertz CT molecular complexity index is 891. The van der Waals surface area contributed by atoms with E-state index in [2.05, 4.69) is 22.8 Å². The molecule has 2 N–H and O–H groups in total. The minimum absolute atomic E-state index is 0.0331. The van der Waals surface area contributed by atoms with Crippen LogP contribution in [0.5, 0.6) is 5.75 Å². The summed E-state index contributed by atoms with van der Waals surface area (Å²) in [5.41, 5.74) is 3.35. The lowest BCUT2D eigenvalue weighted by Crippen LogP contribution is -2.44. The predicted molar refractivity (Wildman–Crippen MR) is 101 cm³/mol. The standard InChI is InChI=1S/C21H21N3O3/c1-27-16-9-7-15(8-10-16)19-18-17(22-21(26)23-19)13-24(20(18)25)12-11-14-5-3-2-4-6-14/h2-10,19H,11-13H2,1H3,(H2,22,23,26)/t19-/m0/s1. The van der Waals surface area contributed by atoms with Gasteiger partial charge in [0.05, 0.1) is 31.0 Å². The molecule has 0 spiro atoms. The van der Waals surface area contributed by atoms with Crippen molar-refractivity contribution in [2.75, 3.05) is 20.2 Å². The molecule has 0 saturated carbocycles. The fourth-order valence-corrected chi connectivity index (χ4v) is 3.56. The van der Waals surface area contributed by atoms with Crippen LogP contribution in [0, 0.1) is 0 Å². The molecule has 6 heteroatoms. The van der Waals surface area contributed by atoms with Crippen molar-refractivity contribution in [1.29, 1.82) is 0 Å². The van der Waals surface area contributed by atoms with Crippen LogP contribution in [0.3, 0.4) is 0 Å². The quantitative estimate of drug-likeness (QED) is 0.857. The van der Waals surface area contributed by atoms with Crippen molar-refractivity contribution in [3.05, 3.63) is 77.0 Å². The molecule has 0 aliphatic carbocycles. The smallest absolute Gasteiger partial charge is 0.319 e. The second-order valence-corrected chi connectivity index (χ2v) is 6.66. The van der Waals surface area contributed by atoms with Crippen LogP contribution in [-0.4, -0.2) is 37.0 Å². The van der Waals surface area contributed by atoms with Crippen LogP contribution in [0.15, 0.2) is 65.9 Å². The minimum atomic E-state index is -0.450. The summed E-state index contributed by atoms with van der Waals surface area (Å²) in [6.45, 7) is 1.04.